The summed E-state index contributed by atoms with van der Waals surface area (Å²) in [7, 11) is 0. The molecule has 1 rings (SSSR count). The summed E-state index contributed by atoms with van der Waals surface area (Å²) in [5, 5.41) is 8.60. The molecular formula is C7H8AsNO3. The van der Waals surface area contributed by atoms with Gasteiger partial charge in [-0.15, -0.1) is 0 Å². The molecule has 0 bridgehead atoms. The SMILES string of the molecule is NC1=C(C(=O)O)C=CC(=[AsH]=O)C1. The molecule has 1 aliphatic carbocycles. The Balaban J connectivity index is 3.03. The normalized spacial score (nSPS) is 17.2. The van der Waals surface area contributed by atoms with Gasteiger partial charge in [0.15, 0.2) is 0 Å². The molecule has 0 spiro atoms. The Morgan fingerprint density at radius 3 is 2.67 bits per heavy atom. The molecule has 0 aromatic rings. The van der Waals surface area contributed by atoms with Crippen molar-refractivity contribution in [2.24, 2.45) is 5.73 Å². The van der Waals surface area contributed by atoms with E-state index < -0.39 is 21.2 Å². The van der Waals surface area contributed by atoms with Crippen molar-refractivity contribution in [2.45, 2.75) is 6.42 Å². The zero-order valence-electron chi connectivity index (χ0n) is 6.20. The minimum atomic E-state index is -1.33. The fourth-order valence-electron chi connectivity index (χ4n) is 0.929. The average molecular weight is 229 g/mol. The molecule has 3 N–H and O–H groups in total. The Labute approximate surface area is 75.2 Å². The second kappa shape index (κ2) is 3.59. The first kappa shape index (κ1) is 9.07. The fourth-order valence-corrected chi connectivity index (χ4v) is 1.80. The molecule has 0 amide bonds. The monoisotopic (exact) mass is 229 g/mol. The molecule has 1 atom stereocenters. The van der Waals surface area contributed by atoms with E-state index in [2.05, 4.69) is 0 Å². The van der Waals surface area contributed by atoms with Crippen LogP contribution in [0.2, 0.25) is 0 Å². The summed E-state index contributed by atoms with van der Waals surface area (Å²) >= 11 is -1.33. The molecule has 1 unspecified atom stereocenters. The first-order valence-corrected chi connectivity index (χ1v) is 5.19. The summed E-state index contributed by atoms with van der Waals surface area (Å²) in [6, 6.07) is 0. The number of carboxylic acid groups (broad SMARTS) is 1. The Bertz CT molecular complexity index is 337. The van der Waals surface area contributed by atoms with Crippen LogP contribution in [0.3, 0.4) is 0 Å². The van der Waals surface area contributed by atoms with Gasteiger partial charge in [0.2, 0.25) is 0 Å². The van der Waals surface area contributed by atoms with Crippen molar-refractivity contribution in [3.05, 3.63) is 23.4 Å². The molecule has 0 aromatic heterocycles. The zero-order valence-corrected chi connectivity index (χ0v) is 8.30. The van der Waals surface area contributed by atoms with Gasteiger partial charge in [0.1, 0.15) is 0 Å². The van der Waals surface area contributed by atoms with E-state index in [1.54, 1.807) is 6.08 Å². The van der Waals surface area contributed by atoms with E-state index in [0.717, 1.165) is 4.30 Å². The topological polar surface area (TPSA) is 80.4 Å². The van der Waals surface area contributed by atoms with Gasteiger partial charge in [-0.1, -0.05) is 0 Å². The number of carboxylic acids is 1. The molecule has 4 nitrogen and oxygen atoms in total. The van der Waals surface area contributed by atoms with E-state index >= 15 is 0 Å². The van der Waals surface area contributed by atoms with Crippen molar-refractivity contribution in [3.63, 3.8) is 0 Å². The van der Waals surface area contributed by atoms with Gasteiger partial charge in [0.25, 0.3) is 0 Å². The van der Waals surface area contributed by atoms with Crippen molar-refractivity contribution in [2.75, 3.05) is 0 Å². The molecule has 0 saturated heterocycles. The third-order valence-corrected chi connectivity index (χ3v) is 2.81. The fraction of sp³-hybridized carbons (Fsp3) is 0.143. The molecule has 12 heavy (non-hydrogen) atoms. The maximum absolute atomic E-state index is 10.5. The van der Waals surface area contributed by atoms with E-state index in [1.165, 1.54) is 6.08 Å². The number of hydrogen-bond acceptors (Lipinski definition) is 3. The third-order valence-electron chi connectivity index (χ3n) is 1.54. The molecule has 0 aliphatic heterocycles. The van der Waals surface area contributed by atoms with Crippen LogP contribution in [-0.4, -0.2) is 30.6 Å². The molecule has 1 aliphatic rings. The quantitative estimate of drug-likeness (QED) is 0.576. The molecule has 5 heteroatoms. The van der Waals surface area contributed by atoms with Gasteiger partial charge in [-0.25, -0.2) is 0 Å². The van der Waals surface area contributed by atoms with Gasteiger partial charge in [0.05, 0.1) is 0 Å². The number of aliphatic carboxylic acids is 1. The van der Waals surface area contributed by atoms with Gasteiger partial charge < -0.3 is 0 Å². The van der Waals surface area contributed by atoms with E-state index in [-0.39, 0.29) is 5.57 Å². The van der Waals surface area contributed by atoms with Gasteiger partial charge in [-0.2, -0.15) is 0 Å². The molecule has 64 valence electrons. The van der Waals surface area contributed by atoms with Gasteiger partial charge in [-0.05, 0) is 0 Å². The molecule has 0 fully saturated rings. The molecular weight excluding hydrogens is 221 g/mol. The number of nitrogens with two attached hydrogens (primary N) is 1. The van der Waals surface area contributed by atoms with Crippen LogP contribution in [0.5, 0.6) is 0 Å². The van der Waals surface area contributed by atoms with Crippen LogP contribution in [0.1, 0.15) is 6.42 Å². The number of carbonyl (C=O) groups is 1. The van der Waals surface area contributed by atoms with Crippen molar-refractivity contribution < 1.29 is 13.6 Å². The summed E-state index contributed by atoms with van der Waals surface area (Å²) in [6.45, 7) is 0. The van der Waals surface area contributed by atoms with Gasteiger partial charge in [0, 0.05) is 0 Å². The molecule has 0 aromatic carbocycles. The van der Waals surface area contributed by atoms with E-state index in [1.807, 2.05) is 0 Å². The summed E-state index contributed by atoms with van der Waals surface area (Å²) in [6.07, 6.45) is 3.31. The summed E-state index contributed by atoms with van der Waals surface area (Å²) < 4.78 is 11.3. The van der Waals surface area contributed by atoms with E-state index in [9.17, 15) is 8.53 Å². The van der Waals surface area contributed by atoms with Crippen LogP contribution in [0.15, 0.2) is 23.4 Å². The predicted molar refractivity (Wildman–Crippen MR) is 45.4 cm³/mol. The van der Waals surface area contributed by atoms with E-state index in [0.29, 0.717) is 12.1 Å². The Morgan fingerprint density at radius 2 is 2.25 bits per heavy atom. The summed E-state index contributed by atoms with van der Waals surface area (Å²) in [5.74, 6) is -1.03. The molecule has 0 heterocycles. The summed E-state index contributed by atoms with van der Waals surface area (Å²) in [5.41, 5.74) is 5.86. The van der Waals surface area contributed by atoms with E-state index in [4.69, 9.17) is 10.8 Å². The van der Waals surface area contributed by atoms with Gasteiger partial charge >= 0.3 is 74.7 Å². The number of rotatable bonds is 1. The van der Waals surface area contributed by atoms with Crippen LogP contribution in [0.4, 0.5) is 0 Å². The zero-order chi connectivity index (χ0) is 9.14. The number of allylic oxidation sites excluding steroid dienone is 2. The average Bonchev–Trinajstić information content (AvgIpc) is 2.03. The van der Waals surface area contributed by atoms with Crippen molar-refractivity contribution >= 4 is 25.5 Å². The standard InChI is InChI=1S/C7H8AsNO3/c9-6-3-4(8-12)1-2-5(6)7(10)11/h1-2,8H,3,9H2,(H,10,11). The van der Waals surface area contributed by atoms with Crippen LogP contribution in [-0.2, 0) is 8.53 Å². The van der Waals surface area contributed by atoms with Crippen molar-refractivity contribution in [1.82, 2.24) is 0 Å². The first-order valence-electron chi connectivity index (χ1n) is 3.29. The Kier molecular flexibility index (Phi) is 2.71. The maximum atomic E-state index is 10.5. The van der Waals surface area contributed by atoms with Crippen LogP contribution < -0.4 is 5.73 Å². The van der Waals surface area contributed by atoms with Gasteiger partial charge in [-0.3, -0.25) is 0 Å². The third kappa shape index (κ3) is 1.77. The van der Waals surface area contributed by atoms with Crippen LogP contribution in [0.25, 0.3) is 0 Å². The van der Waals surface area contributed by atoms with Crippen molar-refractivity contribution in [3.8, 4) is 0 Å². The Hall–Kier alpha value is -1.02. The predicted octanol–water partition coefficient (Wildman–Crippen LogP) is -0.802. The molecule has 0 saturated carbocycles. The first-order chi connectivity index (χ1) is 5.65. The van der Waals surface area contributed by atoms with Crippen LogP contribution >= 0.6 is 0 Å². The molecule has 0 radical (unpaired) electrons. The second-order valence-electron chi connectivity index (χ2n) is 2.38. The second-order valence-corrected chi connectivity index (χ2v) is 4.16. The van der Waals surface area contributed by atoms with Crippen LogP contribution in [0, 0.1) is 0 Å². The van der Waals surface area contributed by atoms with Crippen molar-refractivity contribution in [1.29, 1.82) is 0 Å². The Morgan fingerprint density at radius 1 is 1.58 bits per heavy atom. The minimum absolute atomic E-state index is 0.110. The summed E-state index contributed by atoms with van der Waals surface area (Å²) in [4.78, 5) is 10.5. The number of hydrogen-bond donors (Lipinski definition) is 2.